The molecule has 0 radical (unpaired) electrons. The summed E-state index contributed by atoms with van der Waals surface area (Å²) < 4.78 is 9.72. The molecule has 4 heteroatoms. The monoisotopic (exact) mass is 208 g/mol. The van der Waals surface area contributed by atoms with E-state index in [2.05, 4.69) is 0 Å². The minimum absolute atomic E-state index is 0.0953. The summed E-state index contributed by atoms with van der Waals surface area (Å²) in [6.45, 7) is 0. The maximum absolute atomic E-state index is 11.7. The van der Waals surface area contributed by atoms with Gasteiger partial charge in [0.05, 0.1) is 25.0 Å². The van der Waals surface area contributed by atoms with Crippen LogP contribution in [0.5, 0.6) is 0 Å². The zero-order valence-electron chi connectivity index (χ0n) is 8.65. The predicted octanol–water partition coefficient (Wildman–Crippen LogP) is 0.214. The fourth-order valence-corrected chi connectivity index (χ4v) is 5.27. The molecule has 15 heavy (non-hydrogen) atoms. The van der Waals surface area contributed by atoms with Gasteiger partial charge in [0.2, 0.25) is 0 Å². The molecule has 0 aromatic heterocycles. The van der Waals surface area contributed by atoms with Gasteiger partial charge in [0.25, 0.3) is 0 Å². The third-order valence-electron chi connectivity index (χ3n) is 5.46. The molecule has 0 aromatic carbocycles. The molecule has 6 atom stereocenters. The standard InChI is InChI=1S/C11H12O4/c1-14-8(12)10-4-3-5-7(10)11(5,6(4)10)9(13)15-2/h4-7H,3H2,1-2H3/t4-,5+,6?,7?,10?,11?. The van der Waals surface area contributed by atoms with Gasteiger partial charge in [-0.15, -0.1) is 0 Å². The Labute approximate surface area is 86.9 Å². The molecule has 0 amide bonds. The lowest BCUT2D eigenvalue weighted by molar-refractivity contribution is -0.161. The van der Waals surface area contributed by atoms with E-state index in [1.54, 1.807) is 0 Å². The smallest absolute Gasteiger partial charge is 0.312 e. The molecule has 0 aliphatic heterocycles. The highest BCUT2D eigenvalue weighted by atomic mass is 16.5. The van der Waals surface area contributed by atoms with Crippen LogP contribution in [0.1, 0.15) is 6.42 Å². The average Bonchev–Trinajstić information content (AvgIpc) is 2.90. The van der Waals surface area contributed by atoms with E-state index in [-0.39, 0.29) is 34.6 Å². The first-order chi connectivity index (χ1) is 7.18. The maximum atomic E-state index is 11.7. The van der Waals surface area contributed by atoms with Crippen molar-refractivity contribution in [2.75, 3.05) is 14.2 Å². The maximum Gasteiger partial charge on any atom is 0.312 e. The number of carbonyl (C=O) groups excluding carboxylic acids is 2. The van der Waals surface area contributed by atoms with Crippen LogP contribution in [0.3, 0.4) is 0 Å². The molecule has 0 saturated heterocycles. The summed E-state index contributed by atoms with van der Waals surface area (Å²) in [7, 11) is 2.87. The number of carbonyl (C=O) groups is 2. The molecule has 0 aromatic rings. The molecule has 5 saturated carbocycles. The predicted molar refractivity (Wildman–Crippen MR) is 47.5 cm³/mol. The summed E-state index contributed by atoms with van der Waals surface area (Å²) in [5.41, 5.74) is -0.513. The van der Waals surface area contributed by atoms with Crippen LogP contribution in [0.25, 0.3) is 0 Å². The van der Waals surface area contributed by atoms with Gasteiger partial charge in [0, 0.05) is 0 Å². The first kappa shape index (κ1) is 8.13. The molecule has 4 unspecified atom stereocenters. The van der Waals surface area contributed by atoms with Gasteiger partial charge in [0.15, 0.2) is 0 Å². The zero-order valence-corrected chi connectivity index (χ0v) is 8.65. The van der Waals surface area contributed by atoms with E-state index in [0.717, 1.165) is 6.42 Å². The minimum Gasteiger partial charge on any atom is -0.469 e. The number of ether oxygens (including phenoxy) is 2. The molecule has 0 spiro atoms. The van der Waals surface area contributed by atoms with Crippen molar-refractivity contribution in [1.29, 1.82) is 0 Å². The van der Waals surface area contributed by atoms with Crippen LogP contribution in [0.15, 0.2) is 0 Å². The van der Waals surface area contributed by atoms with Crippen LogP contribution in [0.4, 0.5) is 0 Å². The molecule has 5 fully saturated rings. The molecule has 80 valence electrons. The normalized spacial score (nSPS) is 60.1. The van der Waals surface area contributed by atoms with Gasteiger partial charge in [0.1, 0.15) is 0 Å². The largest absolute Gasteiger partial charge is 0.469 e. The van der Waals surface area contributed by atoms with Crippen molar-refractivity contribution in [3.05, 3.63) is 0 Å². The number of rotatable bonds is 2. The highest BCUT2D eigenvalue weighted by Gasteiger charge is 3.09. The Kier molecular flexibility index (Phi) is 0.981. The van der Waals surface area contributed by atoms with Gasteiger partial charge >= 0.3 is 11.9 Å². The van der Waals surface area contributed by atoms with Crippen molar-refractivity contribution in [2.24, 2.45) is 34.5 Å². The number of hydrogen-bond donors (Lipinski definition) is 0. The molecule has 5 rings (SSSR count). The third-order valence-corrected chi connectivity index (χ3v) is 5.46. The fourth-order valence-electron chi connectivity index (χ4n) is 5.27. The van der Waals surface area contributed by atoms with E-state index >= 15 is 0 Å². The van der Waals surface area contributed by atoms with Crippen LogP contribution < -0.4 is 0 Å². The first-order valence-electron chi connectivity index (χ1n) is 5.35. The molecule has 2 bridgehead atoms. The highest BCUT2D eigenvalue weighted by molar-refractivity contribution is 5.98. The van der Waals surface area contributed by atoms with Crippen molar-refractivity contribution in [3.8, 4) is 0 Å². The van der Waals surface area contributed by atoms with Gasteiger partial charge in [-0.2, -0.15) is 0 Å². The van der Waals surface area contributed by atoms with Crippen molar-refractivity contribution in [2.45, 2.75) is 6.42 Å². The average molecular weight is 208 g/mol. The third kappa shape index (κ3) is 0.446. The molecule has 4 nitrogen and oxygen atoms in total. The summed E-state index contributed by atoms with van der Waals surface area (Å²) in [5, 5.41) is 0. The van der Waals surface area contributed by atoms with Crippen LogP contribution in [0, 0.1) is 34.5 Å². The first-order valence-corrected chi connectivity index (χ1v) is 5.35. The second kappa shape index (κ2) is 1.81. The minimum atomic E-state index is -0.256. The molecular formula is C11H12O4. The van der Waals surface area contributed by atoms with Gasteiger partial charge in [-0.1, -0.05) is 0 Å². The Balaban J connectivity index is 1.73. The van der Waals surface area contributed by atoms with E-state index in [1.165, 1.54) is 14.2 Å². The molecule has 5 aliphatic rings. The van der Waals surface area contributed by atoms with Crippen LogP contribution >= 0.6 is 0 Å². The van der Waals surface area contributed by atoms with Gasteiger partial charge < -0.3 is 9.47 Å². The molecule has 5 aliphatic carbocycles. The van der Waals surface area contributed by atoms with E-state index in [9.17, 15) is 9.59 Å². The fraction of sp³-hybridized carbons (Fsp3) is 0.818. The Bertz CT molecular complexity index is 367. The van der Waals surface area contributed by atoms with E-state index in [0.29, 0.717) is 11.8 Å². The summed E-state index contributed by atoms with van der Waals surface area (Å²) in [5.74, 6) is 1.14. The lowest BCUT2D eigenvalue weighted by Gasteiger charge is -2.29. The lowest BCUT2D eigenvalue weighted by atomic mass is 9.74. The molecular weight excluding hydrogens is 196 g/mol. The van der Waals surface area contributed by atoms with Crippen LogP contribution in [-0.4, -0.2) is 26.2 Å². The number of hydrogen-bond acceptors (Lipinski definition) is 4. The summed E-state index contributed by atoms with van der Waals surface area (Å²) in [6.07, 6.45) is 1.03. The highest BCUT2D eigenvalue weighted by Crippen LogP contribution is 3.04. The zero-order chi connectivity index (χ0) is 10.6. The summed E-state index contributed by atoms with van der Waals surface area (Å²) in [6, 6.07) is 0. The second-order valence-electron chi connectivity index (χ2n) is 5.25. The Morgan fingerprint density at radius 1 is 1.00 bits per heavy atom. The van der Waals surface area contributed by atoms with Gasteiger partial charge in [-0.3, -0.25) is 9.59 Å². The Morgan fingerprint density at radius 2 is 1.40 bits per heavy atom. The van der Waals surface area contributed by atoms with E-state index in [1.807, 2.05) is 0 Å². The van der Waals surface area contributed by atoms with Gasteiger partial charge in [-0.25, -0.2) is 0 Å². The number of esters is 2. The quantitative estimate of drug-likeness (QED) is 0.609. The Hall–Kier alpha value is -1.06. The topological polar surface area (TPSA) is 52.6 Å². The van der Waals surface area contributed by atoms with E-state index in [4.69, 9.17) is 9.47 Å². The SMILES string of the molecule is COC(=O)C12C3[C@H]1C[C@H]1C2C31C(=O)OC. The van der Waals surface area contributed by atoms with E-state index < -0.39 is 0 Å². The Morgan fingerprint density at radius 3 is 1.73 bits per heavy atom. The van der Waals surface area contributed by atoms with Crippen molar-refractivity contribution >= 4 is 11.9 Å². The van der Waals surface area contributed by atoms with Crippen molar-refractivity contribution in [1.82, 2.24) is 0 Å². The van der Waals surface area contributed by atoms with Gasteiger partial charge in [-0.05, 0) is 30.1 Å². The summed E-state index contributed by atoms with van der Waals surface area (Å²) in [4.78, 5) is 23.4. The summed E-state index contributed by atoms with van der Waals surface area (Å²) >= 11 is 0. The van der Waals surface area contributed by atoms with Crippen molar-refractivity contribution in [3.63, 3.8) is 0 Å². The van der Waals surface area contributed by atoms with Crippen LogP contribution in [0.2, 0.25) is 0 Å². The van der Waals surface area contributed by atoms with Crippen molar-refractivity contribution < 1.29 is 19.1 Å². The molecule has 0 heterocycles. The van der Waals surface area contributed by atoms with Crippen LogP contribution in [-0.2, 0) is 19.1 Å². The number of methoxy groups -OCH3 is 2. The lowest BCUT2D eigenvalue weighted by Crippen LogP contribution is -2.41. The molecule has 0 N–H and O–H groups in total. The second-order valence-corrected chi connectivity index (χ2v) is 5.25.